The van der Waals surface area contributed by atoms with Crippen LogP contribution in [0.5, 0.6) is 0 Å². The normalized spacial score (nSPS) is 11.1. The molecule has 0 radical (unpaired) electrons. The van der Waals surface area contributed by atoms with Gasteiger partial charge in [-0.25, -0.2) is 8.42 Å². The summed E-state index contributed by atoms with van der Waals surface area (Å²) in [4.78, 5) is 12.7. The molecule has 0 aliphatic heterocycles. The molecular formula is C21H19ClN2O3S. The summed E-state index contributed by atoms with van der Waals surface area (Å²) in [6, 6.07) is 17.8. The summed E-state index contributed by atoms with van der Waals surface area (Å²) in [5, 5.41) is 3.31. The second kappa shape index (κ2) is 8.04. The Morgan fingerprint density at radius 3 is 2.32 bits per heavy atom. The van der Waals surface area contributed by atoms with Gasteiger partial charge in [0.1, 0.15) is 0 Å². The van der Waals surface area contributed by atoms with E-state index >= 15 is 0 Å². The van der Waals surface area contributed by atoms with E-state index in [1.54, 1.807) is 18.2 Å². The van der Waals surface area contributed by atoms with Crippen molar-refractivity contribution < 1.29 is 13.2 Å². The van der Waals surface area contributed by atoms with Gasteiger partial charge in [-0.15, -0.1) is 0 Å². The van der Waals surface area contributed by atoms with E-state index in [0.717, 1.165) is 16.8 Å². The van der Waals surface area contributed by atoms with Crippen LogP contribution in [0.25, 0.3) is 0 Å². The van der Waals surface area contributed by atoms with E-state index in [9.17, 15) is 13.2 Å². The number of amides is 1. The quantitative estimate of drug-likeness (QED) is 0.616. The zero-order valence-electron chi connectivity index (χ0n) is 15.4. The molecular weight excluding hydrogens is 396 g/mol. The molecule has 0 atom stereocenters. The highest BCUT2D eigenvalue weighted by molar-refractivity contribution is 7.92. The summed E-state index contributed by atoms with van der Waals surface area (Å²) in [6.07, 6.45) is 0. The van der Waals surface area contributed by atoms with E-state index in [4.69, 9.17) is 11.6 Å². The number of hydrogen-bond donors (Lipinski definition) is 2. The van der Waals surface area contributed by atoms with E-state index in [1.807, 2.05) is 32.0 Å². The highest BCUT2D eigenvalue weighted by atomic mass is 35.5. The number of anilines is 2. The lowest BCUT2D eigenvalue weighted by Crippen LogP contribution is -2.15. The molecule has 0 spiro atoms. The smallest absolute Gasteiger partial charge is 0.261 e. The molecule has 7 heteroatoms. The lowest BCUT2D eigenvalue weighted by Gasteiger charge is -2.12. The van der Waals surface area contributed by atoms with Crippen molar-refractivity contribution in [1.82, 2.24) is 0 Å². The van der Waals surface area contributed by atoms with E-state index in [-0.39, 0.29) is 10.8 Å². The first-order valence-electron chi connectivity index (χ1n) is 8.52. The molecule has 0 aromatic heterocycles. The van der Waals surface area contributed by atoms with E-state index < -0.39 is 10.0 Å². The highest BCUT2D eigenvalue weighted by Crippen LogP contribution is 2.21. The maximum atomic E-state index is 12.6. The summed E-state index contributed by atoms with van der Waals surface area (Å²) in [5.41, 5.74) is 3.41. The number of hydrogen-bond acceptors (Lipinski definition) is 3. The van der Waals surface area contributed by atoms with Gasteiger partial charge in [-0.05, 0) is 73.5 Å². The zero-order chi connectivity index (χ0) is 20.3. The Bertz CT molecular complexity index is 1130. The molecule has 0 saturated heterocycles. The summed E-state index contributed by atoms with van der Waals surface area (Å²) in [5.74, 6) is -0.318. The number of halogens is 1. The minimum atomic E-state index is -3.78. The van der Waals surface area contributed by atoms with Crippen molar-refractivity contribution >= 4 is 38.9 Å². The monoisotopic (exact) mass is 414 g/mol. The summed E-state index contributed by atoms with van der Waals surface area (Å²) >= 11 is 5.81. The molecule has 1 amide bonds. The fourth-order valence-electron chi connectivity index (χ4n) is 2.63. The maximum Gasteiger partial charge on any atom is 0.261 e. The van der Waals surface area contributed by atoms with Gasteiger partial charge < -0.3 is 5.32 Å². The lowest BCUT2D eigenvalue weighted by atomic mass is 10.1. The molecule has 0 bridgehead atoms. The first kappa shape index (κ1) is 19.9. The third-order valence-electron chi connectivity index (χ3n) is 4.35. The van der Waals surface area contributed by atoms with Gasteiger partial charge >= 0.3 is 0 Å². The molecule has 0 saturated carbocycles. The summed E-state index contributed by atoms with van der Waals surface area (Å²) < 4.78 is 27.5. The SMILES string of the molecule is Cc1cccc(NC(=O)c2cccc(NS(=O)(=O)c3ccc(Cl)cc3)c2)c1C. The van der Waals surface area contributed by atoms with Gasteiger partial charge in [-0.1, -0.05) is 29.8 Å². The molecule has 0 fully saturated rings. The van der Waals surface area contributed by atoms with Crippen LogP contribution in [0.3, 0.4) is 0 Å². The molecule has 144 valence electrons. The van der Waals surface area contributed by atoms with Gasteiger partial charge in [-0.2, -0.15) is 0 Å². The van der Waals surface area contributed by atoms with Crippen LogP contribution in [-0.2, 0) is 10.0 Å². The molecule has 0 aliphatic carbocycles. The third kappa shape index (κ3) is 4.52. The van der Waals surface area contributed by atoms with Crippen LogP contribution >= 0.6 is 11.6 Å². The standard InChI is InChI=1S/C21H19ClN2O3S/c1-14-5-3-8-20(15(14)2)23-21(25)16-6-4-7-18(13-16)24-28(26,27)19-11-9-17(22)10-12-19/h3-13,24H,1-2H3,(H,23,25). The fourth-order valence-corrected chi connectivity index (χ4v) is 3.81. The van der Waals surface area contributed by atoms with Gasteiger partial charge in [0.15, 0.2) is 0 Å². The number of sulfonamides is 1. The van der Waals surface area contributed by atoms with Crippen molar-refractivity contribution in [2.24, 2.45) is 0 Å². The average molecular weight is 415 g/mol. The number of benzene rings is 3. The van der Waals surface area contributed by atoms with Crippen LogP contribution in [0.2, 0.25) is 5.02 Å². The van der Waals surface area contributed by atoms with Crippen molar-refractivity contribution in [1.29, 1.82) is 0 Å². The molecule has 0 aliphatic rings. The van der Waals surface area contributed by atoms with Crippen LogP contribution in [0.1, 0.15) is 21.5 Å². The van der Waals surface area contributed by atoms with Gasteiger partial charge in [0, 0.05) is 22.0 Å². The zero-order valence-corrected chi connectivity index (χ0v) is 16.9. The molecule has 3 rings (SSSR count). The molecule has 2 N–H and O–H groups in total. The first-order chi connectivity index (χ1) is 13.3. The number of aryl methyl sites for hydroxylation is 1. The molecule has 3 aromatic rings. The second-order valence-corrected chi connectivity index (χ2v) is 8.46. The minimum absolute atomic E-state index is 0.0853. The van der Waals surface area contributed by atoms with Crippen molar-refractivity contribution in [3.63, 3.8) is 0 Å². The Labute approximate surface area is 169 Å². The Morgan fingerprint density at radius 1 is 0.929 bits per heavy atom. The Hall–Kier alpha value is -2.83. The summed E-state index contributed by atoms with van der Waals surface area (Å²) in [7, 11) is -3.78. The highest BCUT2D eigenvalue weighted by Gasteiger charge is 2.15. The van der Waals surface area contributed by atoms with Gasteiger partial charge in [-0.3, -0.25) is 9.52 Å². The van der Waals surface area contributed by atoms with Crippen LogP contribution in [-0.4, -0.2) is 14.3 Å². The van der Waals surface area contributed by atoms with Crippen molar-refractivity contribution in [2.75, 3.05) is 10.0 Å². The van der Waals surface area contributed by atoms with Gasteiger partial charge in [0.2, 0.25) is 0 Å². The molecule has 28 heavy (non-hydrogen) atoms. The number of rotatable bonds is 5. The third-order valence-corrected chi connectivity index (χ3v) is 6.00. The van der Waals surface area contributed by atoms with Crippen LogP contribution in [0.15, 0.2) is 71.6 Å². The van der Waals surface area contributed by atoms with Crippen LogP contribution in [0.4, 0.5) is 11.4 Å². The van der Waals surface area contributed by atoms with Crippen LogP contribution in [0, 0.1) is 13.8 Å². The molecule has 3 aromatic carbocycles. The van der Waals surface area contributed by atoms with E-state index in [2.05, 4.69) is 10.0 Å². The first-order valence-corrected chi connectivity index (χ1v) is 10.4. The summed E-state index contributed by atoms with van der Waals surface area (Å²) in [6.45, 7) is 3.90. The van der Waals surface area contributed by atoms with Crippen molar-refractivity contribution in [2.45, 2.75) is 18.7 Å². The predicted octanol–water partition coefficient (Wildman–Crippen LogP) is 5.01. The second-order valence-electron chi connectivity index (χ2n) is 6.34. The average Bonchev–Trinajstić information content (AvgIpc) is 2.65. The number of carbonyl (C=O) groups is 1. The molecule has 5 nitrogen and oxygen atoms in total. The van der Waals surface area contributed by atoms with Crippen molar-refractivity contribution in [3.8, 4) is 0 Å². The topological polar surface area (TPSA) is 75.3 Å². The fraction of sp³-hybridized carbons (Fsp3) is 0.0952. The van der Waals surface area contributed by atoms with Crippen molar-refractivity contribution in [3.05, 3.63) is 88.4 Å². The number of carbonyl (C=O) groups excluding carboxylic acids is 1. The van der Waals surface area contributed by atoms with Gasteiger partial charge in [0.25, 0.3) is 15.9 Å². The number of nitrogens with one attached hydrogen (secondary N) is 2. The largest absolute Gasteiger partial charge is 0.322 e. The molecule has 0 unspecified atom stereocenters. The van der Waals surface area contributed by atoms with Gasteiger partial charge in [0.05, 0.1) is 4.90 Å². The Balaban J connectivity index is 1.81. The lowest BCUT2D eigenvalue weighted by molar-refractivity contribution is 0.102. The Morgan fingerprint density at radius 2 is 1.61 bits per heavy atom. The van der Waals surface area contributed by atoms with E-state index in [1.165, 1.54) is 30.3 Å². The molecule has 0 heterocycles. The minimum Gasteiger partial charge on any atom is -0.322 e. The Kier molecular flexibility index (Phi) is 5.72. The van der Waals surface area contributed by atoms with E-state index in [0.29, 0.717) is 16.3 Å². The van der Waals surface area contributed by atoms with Crippen LogP contribution < -0.4 is 10.0 Å². The predicted molar refractivity (Wildman–Crippen MR) is 113 cm³/mol. The maximum absolute atomic E-state index is 12.6.